The highest BCUT2D eigenvalue weighted by molar-refractivity contribution is 6.38. The number of aromatic nitrogens is 2. The summed E-state index contributed by atoms with van der Waals surface area (Å²) in [5.74, 6) is 0. The molecule has 0 N–H and O–H groups in total. The van der Waals surface area contributed by atoms with E-state index in [4.69, 9.17) is 34.8 Å². The van der Waals surface area contributed by atoms with E-state index >= 15 is 0 Å². The minimum Gasteiger partial charge on any atom is -0.256 e. The third-order valence-electron chi connectivity index (χ3n) is 4.20. The zero-order chi connectivity index (χ0) is 18.8. The second-order valence-corrected chi connectivity index (χ2v) is 7.15. The van der Waals surface area contributed by atoms with Gasteiger partial charge in [0.1, 0.15) is 0 Å². The van der Waals surface area contributed by atoms with Crippen LogP contribution in [0, 0.1) is 0 Å². The Bertz CT molecular complexity index is 1100. The van der Waals surface area contributed by atoms with Crippen molar-refractivity contribution in [3.63, 3.8) is 0 Å². The summed E-state index contributed by atoms with van der Waals surface area (Å²) in [6, 6.07) is 20.8. The first-order chi connectivity index (χ1) is 13.1. The monoisotopic (exact) mass is 410 g/mol. The molecule has 0 saturated heterocycles. The number of benzene rings is 2. The maximum Gasteiger partial charge on any atom is 0.0723 e. The van der Waals surface area contributed by atoms with E-state index in [-0.39, 0.29) is 0 Å². The van der Waals surface area contributed by atoms with Crippen LogP contribution in [0.1, 0.15) is 0 Å². The molecular formula is C22H13Cl3N2. The molecule has 0 amide bonds. The summed E-state index contributed by atoms with van der Waals surface area (Å²) in [6.45, 7) is 0. The van der Waals surface area contributed by atoms with E-state index < -0.39 is 0 Å². The van der Waals surface area contributed by atoms with Gasteiger partial charge in [-0.3, -0.25) is 9.97 Å². The van der Waals surface area contributed by atoms with E-state index in [1.807, 2.05) is 60.7 Å². The predicted octanol–water partition coefficient (Wildman–Crippen LogP) is 7.44. The molecule has 2 heterocycles. The summed E-state index contributed by atoms with van der Waals surface area (Å²) in [5, 5.41) is 1.68. The van der Waals surface area contributed by atoms with Crippen molar-refractivity contribution in [2.24, 2.45) is 0 Å². The third kappa shape index (κ3) is 3.57. The second-order valence-electron chi connectivity index (χ2n) is 5.90. The number of nitrogens with zero attached hydrogens (tertiary/aromatic N) is 2. The largest absolute Gasteiger partial charge is 0.256 e. The lowest BCUT2D eigenvalue weighted by Gasteiger charge is -2.16. The molecule has 0 unspecified atom stereocenters. The highest BCUT2D eigenvalue weighted by atomic mass is 35.5. The predicted molar refractivity (Wildman–Crippen MR) is 113 cm³/mol. The number of pyridine rings is 2. The van der Waals surface area contributed by atoms with Crippen LogP contribution in [0.2, 0.25) is 15.1 Å². The molecule has 0 radical (unpaired) electrons. The number of rotatable bonds is 3. The van der Waals surface area contributed by atoms with Gasteiger partial charge in [0.15, 0.2) is 0 Å². The number of hydrogen-bond acceptors (Lipinski definition) is 2. The molecule has 0 aliphatic rings. The lowest BCUT2D eigenvalue weighted by atomic mass is 9.92. The SMILES string of the molecule is Clc1cc(Cl)c(-c2ccccn2)c(-c2cccc(Cl)c2-c2ccccn2)c1. The molecule has 0 aliphatic heterocycles. The summed E-state index contributed by atoms with van der Waals surface area (Å²) in [6.07, 6.45) is 3.48. The van der Waals surface area contributed by atoms with Crippen molar-refractivity contribution in [1.82, 2.24) is 9.97 Å². The van der Waals surface area contributed by atoms with Gasteiger partial charge in [0.05, 0.1) is 21.4 Å². The maximum absolute atomic E-state index is 6.58. The topological polar surface area (TPSA) is 25.8 Å². The quantitative estimate of drug-likeness (QED) is 0.350. The van der Waals surface area contributed by atoms with E-state index in [1.165, 1.54) is 0 Å². The molecule has 2 aromatic carbocycles. The molecule has 0 atom stereocenters. The van der Waals surface area contributed by atoms with Crippen molar-refractivity contribution in [2.75, 3.05) is 0 Å². The minimum absolute atomic E-state index is 0.531. The molecule has 0 spiro atoms. The fourth-order valence-corrected chi connectivity index (χ4v) is 3.94. The van der Waals surface area contributed by atoms with Gasteiger partial charge in [-0.05, 0) is 53.6 Å². The van der Waals surface area contributed by atoms with Crippen molar-refractivity contribution in [3.8, 4) is 33.6 Å². The Labute approximate surface area is 172 Å². The molecule has 2 nitrogen and oxygen atoms in total. The molecule has 0 fully saturated rings. The average molecular weight is 412 g/mol. The molecule has 0 bridgehead atoms. The Kier molecular flexibility index (Phi) is 5.13. The summed E-state index contributed by atoms with van der Waals surface area (Å²) < 4.78 is 0. The van der Waals surface area contributed by atoms with Crippen molar-refractivity contribution in [1.29, 1.82) is 0 Å². The van der Waals surface area contributed by atoms with Gasteiger partial charge in [-0.2, -0.15) is 0 Å². The summed E-state index contributed by atoms with van der Waals surface area (Å²) in [7, 11) is 0. The Morgan fingerprint density at radius 2 is 1.19 bits per heavy atom. The average Bonchev–Trinajstić information content (AvgIpc) is 2.68. The van der Waals surface area contributed by atoms with Gasteiger partial charge >= 0.3 is 0 Å². The first kappa shape index (κ1) is 18.0. The maximum atomic E-state index is 6.58. The van der Waals surface area contributed by atoms with E-state index in [2.05, 4.69) is 9.97 Å². The molecule has 4 aromatic rings. The third-order valence-corrected chi connectivity index (χ3v) is 5.03. The first-order valence-corrected chi connectivity index (χ1v) is 9.39. The van der Waals surface area contributed by atoms with Crippen molar-refractivity contribution in [3.05, 3.63) is 94.2 Å². The molecular weight excluding hydrogens is 399 g/mol. The van der Waals surface area contributed by atoms with Crippen LogP contribution in [-0.2, 0) is 0 Å². The minimum atomic E-state index is 0.531. The molecule has 0 saturated carbocycles. The normalized spacial score (nSPS) is 10.8. The Balaban J connectivity index is 2.05. The Morgan fingerprint density at radius 1 is 0.556 bits per heavy atom. The van der Waals surface area contributed by atoms with E-state index in [9.17, 15) is 0 Å². The molecule has 27 heavy (non-hydrogen) atoms. The summed E-state index contributed by atoms with van der Waals surface area (Å²) in [4.78, 5) is 8.95. The number of hydrogen-bond donors (Lipinski definition) is 0. The van der Waals surface area contributed by atoms with Crippen LogP contribution in [-0.4, -0.2) is 9.97 Å². The standard InChI is InChI=1S/C22H13Cl3N2/c23-14-12-16(22(18(25)13-14)20-9-2-4-11-27-20)15-6-5-7-17(24)21(15)19-8-1-3-10-26-19/h1-13H. The zero-order valence-electron chi connectivity index (χ0n) is 14.0. The lowest BCUT2D eigenvalue weighted by Crippen LogP contribution is -1.94. The second kappa shape index (κ2) is 7.69. The highest BCUT2D eigenvalue weighted by Crippen LogP contribution is 2.44. The number of halogens is 3. The molecule has 4 rings (SSSR count). The van der Waals surface area contributed by atoms with Crippen LogP contribution in [0.3, 0.4) is 0 Å². The molecule has 132 valence electrons. The molecule has 2 aromatic heterocycles. The van der Waals surface area contributed by atoms with Gasteiger partial charge in [-0.15, -0.1) is 0 Å². The smallest absolute Gasteiger partial charge is 0.0723 e. The van der Waals surface area contributed by atoms with Crippen LogP contribution >= 0.6 is 34.8 Å². The Morgan fingerprint density at radius 3 is 1.78 bits per heavy atom. The summed E-state index contributed by atoms with van der Waals surface area (Å²) >= 11 is 19.5. The van der Waals surface area contributed by atoms with E-state index in [0.717, 1.165) is 33.6 Å². The Hall–Kier alpha value is -2.39. The fourth-order valence-electron chi connectivity index (χ4n) is 3.08. The lowest BCUT2D eigenvalue weighted by molar-refractivity contribution is 1.32. The summed E-state index contributed by atoms with van der Waals surface area (Å²) in [5.41, 5.74) is 4.93. The highest BCUT2D eigenvalue weighted by Gasteiger charge is 2.19. The van der Waals surface area contributed by atoms with Crippen LogP contribution in [0.4, 0.5) is 0 Å². The van der Waals surface area contributed by atoms with Gasteiger partial charge < -0.3 is 0 Å². The van der Waals surface area contributed by atoms with Crippen molar-refractivity contribution in [2.45, 2.75) is 0 Å². The van der Waals surface area contributed by atoms with E-state index in [1.54, 1.807) is 18.5 Å². The van der Waals surface area contributed by atoms with Crippen LogP contribution in [0.15, 0.2) is 79.1 Å². The fraction of sp³-hybridized carbons (Fsp3) is 0. The molecule has 0 aliphatic carbocycles. The van der Waals surface area contributed by atoms with Gasteiger partial charge in [0.2, 0.25) is 0 Å². The van der Waals surface area contributed by atoms with Crippen LogP contribution < -0.4 is 0 Å². The van der Waals surface area contributed by atoms with Gasteiger partial charge in [0, 0.05) is 28.5 Å². The van der Waals surface area contributed by atoms with Crippen LogP contribution in [0.5, 0.6) is 0 Å². The zero-order valence-corrected chi connectivity index (χ0v) is 16.3. The van der Waals surface area contributed by atoms with E-state index in [0.29, 0.717) is 15.1 Å². The first-order valence-electron chi connectivity index (χ1n) is 8.26. The van der Waals surface area contributed by atoms with Gasteiger partial charge in [-0.1, -0.05) is 59.1 Å². The van der Waals surface area contributed by atoms with Crippen molar-refractivity contribution < 1.29 is 0 Å². The molecule has 5 heteroatoms. The van der Waals surface area contributed by atoms with Gasteiger partial charge in [-0.25, -0.2) is 0 Å². The van der Waals surface area contributed by atoms with Crippen LogP contribution in [0.25, 0.3) is 33.6 Å². The van der Waals surface area contributed by atoms with Gasteiger partial charge in [0.25, 0.3) is 0 Å². The van der Waals surface area contributed by atoms with Crippen molar-refractivity contribution >= 4 is 34.8 Å².